The molecule has 0 bridgehead atoms. The fourth-order valence-corrected chi connectivity index (χ4v) is 1.95. The Morgan fingerprint density at radius 3 is 2.54 bits per heavy atom. The summed E-state index contributed by atoms with van der Waals surface area (Å²) in [5, 5.41) is 20.4. The lowest BCUT2D eigenvalue weighted by Crippen LogP contribution is -2.12. The van der Waals surface area contributed by atoms with Crippen LogP contribution in [0.4, 0.5) is 24.5 Å². The van der Waals surface area contributed by atoms with E-state index in [1.165, 1.54) is 6.07 Å². The molecule has 7 nitrogen and oxygen atoms in total. The van der Waals surface area contributed by atoms with E-state index in [0.29, 0.717) is 17.3 Å². The van der Waals surface area contributed by atoms with Gasteiger partial charge in [0.25, 0.3) is 5.69 Å². The maximum atomic E-state index is 12.6. The molecule has 0 atom stereocenters. The Morgan fingerprint density at radius 1 is 1.38 bits per heavy atom. The summed E-state index contributed by atoms with van der Waals surface area (Å²) in [4.78, 5) is 13.6. The first-order valence-corrected chi connectivity index (χ1v) is 6.59. The first-order chi connectivity index (χ1) is 11.1. The Hall–Kier alpha value is -2.59. The number of rotatable bonds is 4. The average molecular weight is 364 g/mol. The molecular formula is C13H9ClF3N3O4. The van der Waals surface area contributed by atoms with Crippen LogP contribution in [-0.4, -0.2) is 22.2 Å². The Labute approximate surface area is 138 Å². The summed E-state index contributed by atoms with van der Waals surface area (Å²) in [6, 6.07) is 4.03. The lowest BCUT2D eigenvalue weighted by molar-refractivity contribution is -0.384. The van der Waals surface area contributed by atoms with Crippen molar-refractivity contribution in [2.24, 2.45) is 0 Å². The summed E-state index contributed by atoms with van der Waals surface area (Å²) in [6.45, 7) is 0. The smallest absolute Gasteiger partial charge is 0.417 e. The number of nitro groups is 1. The molecule has 24 heavy (non-hydrogen) atoms. The van der Waals surface area contributed by atoms with Gasteiger partial charge in [0.15, 0.2) is 0 Å². The van der Waals surface area contributed by atoms with Crippen LogP contribution in [0.3, 0.4) is 0 Å². The SMILES string of the molecule is CN(O)c1cc(Oc2ncc(C(F)(F)F)cc2Cl)ccc1[N+](=O)[O-]. The molecule has 1 heterocycles. The van der Waals surface area contributed by atoms with Crippen molar-refractivity contribution in [2.75, 3.05) is 12.1 Å². The molecule has 0 aliphatic carbocycles. The van der Waals surface area contributed by atoms with Gasteiger partial charge in [-0.1, -0.05) is 11.6 Å². The van der Waals surface area contributed by atoms with Crippen LogP contribution < -0.4 is 9.80 Å². The van der Waals surface area contributed by atoms with Crippen molar-refractivity contribution in [2.45, 2.75) is 6.18 Å². The highest BCUT2D eigenvalue weighted by Crippen LogP contribution is 2.36. The minimum Gasteiger partial charge on any atom is -0.437 e. The standard InChI is InChI=1S/C13H9ClF3N3O4/c1-19(21)11-5-8(2-3-10(11)20(22)23)24-12-9(14)4-7(6-18-12)13(15,16)17/h2-6,21H,1H3. The van der Waals surface area contributed by atoms with Crippen LogP contribution in [0.25, 0.3) is 0 Å². The van der Waals surface area contributed by atoms with E-state index in [1.807, 2.05) is 0 Å². The van der Waals surface area contributed by atoms with Crippen molar-refractivity contribution < 1.29 is 28.0 Å². The largest absolute Gasteiger partial charge is 0.437 e. The Bertz CT molecular complexity index is 784. The third-order valence-corrected chi connectivity index (χ3v) is 3.11. The number of ether oxygens (including phenoxy) is 1. The molecule has 0 aliphatic rings. The molecule has 128 valence electrons. The van der Waals surface area contributed by atoms with Crippen molar-refractivity contribution in [1.29, 1.82) is 0 Å². The normalized spacial score (nSPS) is 11.2. The van der Waals surface area contributed by atoms with Crippen LogP contribution in [0, 0.1) is 10.1 Å². The number of pyridine rings is 1. The van der Waals surface area contributed by atoms with Gasteiger partial charge in [0.05, 0.1) is 10.5 Å². The average Bonchev–Trinajstić information content (AvgIpc) is 2.47. The van der Waals surface area contributed by atoms with Gasteiger partial charge in [0.2, 0.25) is 5.88 Å². The highest BCUT2D eigenvalue weighted by atomic mass is 35.5. The van der Waals surface area contributed by atoms with Crippen LogP contribution in [0.1, 0.15) is 5.56 Å². The number of aromatic nitrogens is 1. The zero-order valence-electron chi connectivity index (χ0n) is 11.9. The van der Waals surface area contributed by atoms with Gasteiger partial charge in [-0.25, -0.2) is 4.98 Å². The zero-order chi connectivity index (χ0) is 18.1. The number of alkyl halides is 3. The molecule has 0 amide bonds. The Balaban J connectivity index is 2.35. The summed E-state index contributed by atoms with van der Waals surface area (Å²) in [6.07, 6.45) is -4.05. The minimum atomic E-state index is -4.60. The third-order valence-electron chi connectivity index (χ3n) is 2.84. The molecular weight excluding hydrogens is 355 g/mol. The second kappa shape index (κ2) is 6.49. The van der Waals surface area contributed by atoms with Gasteiger partial charge in [-0.05, 0) is 12.1 Å². The predicted molar refractivity (Wildman–Crippen MR) is 77.6 cm³/mol. The van der Waals surface area contributed by atoms with E-state index in [-0.39, 0.29) is 28.0 Å². The van der Waals surface area contributed by atoms with E-state index >= 15 is 0 Å². The fraction of sp³-hybridized carbons (Fsp3) is 0.154. The molecule has 0 unspecified atom stereocenters. The summed E-state index contributed by atoms with van der Waals surface area (Å²) in [5.41, 5.74) is -1.61. The summed E-state index contributed by atoms with van der Waals surface area (Å²) in [7, 11) is 1.16. The van der Waals surface area contributed by atoms with Gasteiger partial charge in [-0.3, -0.25) is 20.4 Å². The van der Waals surface area contributed by atoms with E-state index in [0.717, 1.165) is 19.2 Å². The molecule has 0 fully saturated rings. The van der Waals surface area contributed by atoms with Crippen LogP contribution in [0.5, 0.6) is 11.6 Å². The molecule has 11 heteroatoms. The van der Waals surface area contributed by atoms with Crippen LogP contribution in [-0.2, 0) is 6.18 Å². The second-order valence-corrected chi connectivity index (χ2v) is 4.95. The van der Waals surface area contributed by atoms with Crippen molar-refractivity contribution in [3.8, 4) is 11.6 Å². The van der Waals surface area contributed by atoms with Gasteiger partial charge < -0.3 is 4.74 Å². The molecule has 1 aromatic heterocycles. The Kier molecular flexibility index (Phi) is 4.81. The molecule has 2 aromatic rings. The number of hydroxylamine groups is 1. The molecule has 1 aromatic carbocycles. The van der Waals surface area contributed by atoms with Crippen molar-refractivity contribution in [3.63, 3.8) is 0 Å². The number of hydrogen-bond acceptors (Lipinski definition) is 6. The quantitative estimate of drug-likeness (QED) is 0.644. The lowest BCUT2D eigenvalue weighted by atomic mass is 10.2. The van der Waals surface area contributed by atoms with Gasteiger partial charge in [0.1, 0.15) is 16.5 Å². The topological polar surface area (TPSA) is 88.7 Å². The Morgan fingerprint density at radius 2 is 2.04 bits per heavy atom. The molecule has 1 N–H and O–H groups in total. The monoisotopic (exact) mass is 363 g/mol. The first-order valence-electron chi connectivity index (χ1n) is 6.21. The molecule has 0 radical (unpaired) electrons. The van der Waals surface area contributed by atoms with E-state index in [1.54, 1.807) is 0 Å². The lowest BCUT2D eigenvalue weighted by Gasteiger charge is -2.13. The zero-order valence-corrected chi connectivity index (χ0v) is 12.7. The molecule has 2 rings (SSSR count). The number of benzene rings is 1. The highest BCUT2D eigenvalue weighted by molar-refractivity contribution is 6.31. The van der Waals surface area contributed by atoms with Gasteiger partial charge in [0, 0.05) is 25.4 Å². The first kappa shape index (κ1) is 17.8. The third kappa shape index (κ3) is 3.84. The van der Waals surface area contributed by atoms with E-state index in [4.69, 9.17) is 16.3 Å². The molecule has 0 aliphatic heterocycles. The number of nitrogens with zero attached hydrogens (tertiary/aromatic N) is 3. The van der Waals surface area contributed by atoms with Crippen LogP contribution in [0.2, 0.25) is 5.02 Å². The number of hydrogen-bond donors (Lipinski definition) is 1. The van der Waals surface area contributed by atoms with E-state index in [9.17, 15) is 28.5 Å². The minimum absolute atomic E-state index is 0.00865. The summed E-state index contributed by atoms with van der Waals surface area (Å²) >= 11 is 5.71. The summed E-state index contributed by atoms with van der Waals surface area (Å²) < 4.78 is 42.9. The van der Waals surface area contributed by atoms with Gasteiger partial charge in [-0.2, -0.15) is 13.2 Å². The maximum absolute atomic E-state index is 12.6. The van der Waals surface area contributed by atoms with Crippen molar-refractivity contribution >= 4 is 23.0 Å². The summed E-state index contributed by atoms with van der Waals surface area (Å²) in [5.74, 6) is -0.323. The number of nitro benzene ring substituents is 1. The van der Waals surface area contributed by atoms with Crippen LogP contribution in [0.15, 0.2) is 30.5 Å². The van der Waals surface area contributed by atoms with Gasteiger partial charge in [-0.15, -0.1) is 0 Å². The maximum Gasteiger partial charge on any atom is 0.417 e. The van der Waals surface area contributed by atoms with Gasteiger partial charge >= 0.3 is 6.18 Å². The fourth-order valence-electron chi connectivity index (χ4n) is 1.75. The van der Waals surface area contributed by atoms with Crippen LogP contribution >= 0.6 is 11.6 Å². The van der Waals surface area contributed by atoms with Crippen molar-refractivity contribution in [3.05, 3.63) is 51.2 Å². The van der Waals surface area contributed by atoms with E-state index < -0.39 is 16.7 Å². The molecule has 0 saturated carbocycles. The van der Waals surface area contributed by atoms with E-state index in [2.05, 4.69) is 4.98 Å². The number of anilines is 1. The second-order valence-electron chi connectivity index (χ2n) is 4.54. The van der Waals surface area contributed by atoms with Crippen molar-refractivity contribution in [1.82, 2.24) is 4.98 Å². The number of halogens is 4. The highest BCUT2D eigenvalue weighted by Gasteiger charge is 2.32. The molecule has 0 saturated heterocycles. The molecule has 0 spiro atoms. The predicted octanol–water partition coefficient (Wildman–Crippen LogP) is 4.28.